The van der Waals surface area contributed by atoms with Crippen LogP contribution < -0.4 is 20.2 Å². The molecule has 2 aromatic carbocycles. The third kappa shape index (κ3) is 5.19. The number of hydrogen-bond donors (Lipinski definition) is 2. The molecule has 0 saturated heterocycles. The molecule has 0 spiro atoms. The smallest absolute Gasteiger partial charge is 0.191 e. The number of benzene rings is 2. The van der Waals surface area contributed by atoms with E-state index in [2.05, 4.69) is 15.8 Å². The lowest BCUT2D eigenvalue weighted by Gasteiger charge is -2.11. The van der Waals surface area contributed by atoms with Gasteiger partial charge in [-0.05, 0) is 67.0 Å². The second-order valence-electron chi connectivity index (χ2n) is 5.43. The molecule has 2 N–H and O–H groups in total. The van der Waals surface area contributed by atoms with Crippen LogP contribution in [-0.4, -0.2) is 25.0 Å². The lowest BCUT2D eigenvalue weighted by molar-refractivity contribution is 0.329. The molecule has 0 fully saturated rings. The first-order valence-corrected chi connectivity index (χ1v) is 8.30. The number of rotatable bonds is 6. The maximum absolute atomic E-state index is 8.59. The molecule has 0 atom stereocenters. The van der Waals surface area contributed by atoms with Gasteiger partial charge in [-0.3, -0.25) is 5.43 Å². The van der Waals surface area contributed by atoms with Crippen LogP contribution in [0.3, 0.4) is 0 Å². The average Bonchev–Trinajstić information content (AvgIpc) is 2.64. The van der Waals surface area contributed by atoms with Gasteiger partial charge in [-0.2, -0.15) is 10.4 Å². The van der Waals surface area contributed by atoms with Gasteiger partial charge in [0.05, 0.1) is 13.3 Å². The maximum Gasteiger partial charge on any atom is 0.191 e. The second kappa shape index (κ2) is 9.39. The van der Waals surface area contributed by atoms with Gasteiger partial charge >= 0.3 is 0 Å². The summed E-state index contributed by atoms with van der Waals surface area (Å²) in [7, 11) is 1.54. The average molecular weight is 368 g/mol. The number of nitrogens with zero attached hydrogens (tertiary/aromatic N) is 2. The summed E-state index contributed by atoms with van der Waals surface area (Å²) in [4.78, 5) is 0. The van der Waals surface area contributed by atoms with E-state index in [0.29, 0.717) is 16.6 Å². The Morgan fingerprint density at radius 2 is 2.08 bits per heavy atom. The van der Waals surface area contributed by atoms with Crippen LogP contribution in [0.15, 0.2) is 41.5 Å². The highest BCUT2D eigenvalue weighted by atomic mass is 32.1. The number of nitrogens with one attached hydrogen (secondary N) is 2. The van der Waals surface area contributed by atoms with Crippen molar-refractivity contribution in [2.75, 3.05) is 19.0 Å². The van der Waals surface area contributed by atoms with E-state index in [4.69, 9.17) is 27.0 Å². The Morgan fingerprint density at radius 3 is 2.81 bits per heavy atom. The van der Waals surface area contributed by atoms with E-state index in [-0.39, 0.29) is 6.61 Å². The van der Waals surface area contributed by atoms with Crippen LogP contribution in [0, 0.1) is 25.2 Å². The molecule has 0 bridgehead atoms. The minimum absolute atomic E-state index is 0.0380. The molecular weight excluding hydrogens is 348 g/mol. The van der Waals surface area contributed by atoms with Gasteiger partial charge in [-0.25, -0.2) is 0 Å². The monoisotopic (exact) mass is 368 g/mol. The topological polar surface area (TPSA) is 78.7 Å². The Labute approximate surface area is 158 Å². The summed E-state index contributed by atoms with van der Waals surface area (Å²) in [6.07, 6.45) is 1.62. The van der Waals surface area contributed by atoms with E-state index in [1.165, 1.54) is 12.7 Å². The highest BCUT2D eigenvalue weighted by Gasteiger charge is 2.05. The minimum Gasteiger partial charge on any atom is -0.493 e. The zero-order valence-electron chi connectivity index (χ0n) is 14.9. The predicted molar refractivity (Wildman–Crippen MR) is 107 cm³/mol. The maximum atomic E-state index is 8.59. The molecule has 0 aliphatic carbocycles. The normalized spacial score (nSPS) is 10.2. The van der Waals surface area contributed by atoms with Crippen molar-refractivity contribution < 1.29 is 9.47 Å². The minimum atomic E-state index is -0.0380. The molecule has 26 heavy (non-hydrogen) atoms. The van der Waals surface area contributed by atoms with E-state index in [9.17, 15) is 0 Å². The first kappa shape index (κ1) is 19.2. The number of ether oxygens (including phenoxy) is 2. The lowest BCUT2D eigenvalue weighted by Crippen LogP contribution is -2.24. The van der Waals surface area contributed by atoms with Crippen LogP contribution in [0.2, 0.25) is 0 Å². The molecule has 0 aromatic heterocycles. The van der Waals surface area contributed by atoms with E-state index in [1.807, 2.05) is 44.2 Å². The summed E-state index contributed by atoms with van der Waals surface area (Å²) in [6, 6.07) is 13.2. The van der Waals surface area contributed by atoms with Gasteiger partial charge in [0.2, 0.25) is 0 Å². The van der Waals surface area contributed by atoms with Gasteiger partial charge in [0.1, 0.15) is 6.07 Å². The fourth-order valence-corrected chi connectivity index (χ4v) is 2.36. The van der Waals surface area contributed by atoms with Crippen molar-refractivity contribution in [3.8, 4) is 17.6 Å². The SMILES string of the molecule is COc1cc(/C=N/NC(=S)Nc2cccc(C)c2C)ccc1OCC#N. The second-order valence-corrected chi connectivity index (χ2v) is 5.84. The van der Waals surface area contributed by atoms with Crippen molar-refractivity contribution in [2.45, 2.75) is 13.8 Å². The molecule has 0 radical (unpaired) electrons. The van der Waals surface area contributed by atoms with Gasteiger partial charge in [0.15, 0.2) is 23.2 Å². The molecule has 2 rings (SSSR count). The molecular formula is C19H20N4O2S. The summed E-state index contributed by atoms with van der Waals surface area (Å²) >= 11 is 5.26. The fraction of sp³-hybridized carbons (Fsp3) is 0.211. The van der Waals surface area contributed by atoms with Crippen LogP contribution >= 0.6 is 12.2 Å². The molecule has 7 heteroatoms. The molecule has 0 aliphatic rings. The highest BCUT2D eigenvalue weighted by Crippen LogP contribution is 2.27. The molecule has 0 heterocycles. The highest BCUT2D eigenvalue weighted by molar-refractivity contribution is 7.80. The Kier molecular flexibility index (Phi) is 6.94. The van der Waals surface area contributed by atoms with Gasteiger partial charge in [-0.15, -0.1) is 0 Å². The Morgan fingerprint density at radius 1 is 1.27 bits per heavy atom. The van der Waals surface area contributed by atoms with E-state index < -0.39 is 0 Å². The van der Waals surface area contributed by atoms with Crippen molar-refractivity contribution >= 4 is 29.2 Å². The van der Waals surface area contributed by atoms with Crippen molar-refractivity contribution in [2.24, 2.45) is 5.10 Å². The third-order valence-corrected chi connectivity index (χ3v) is 3.91. The van der Waals surface area contributed by atoms with Gasteiger partial charge in [0, 0.05) is 5.69 Å². The molecule has 2 aromatic rings. The first-order valence-electron chi connectivity index (χ1n) is 7.89. The largest absolute Gasteiger partial charge is 0.493 e. The molecule has 0 aliphatic heterocycles. The van der Waals surface area contributed by atoms with Crippen molar-refractivity contribution in [1.82, 2.24) is 5.43 Å². The molecule has 0 amide bonds. The number of nitriles is 1. The number of methoxy groups -OCH3 is 1. The lowest BCUT2D eigenvalue weighted by atomic mass is 10.1. The van der Waals surface area contributed by atoms with Gasteiger partial charge in [0.25, 0.3) is 0 Å². The fourth-order valence-electron chi connectivity index (χ4n) is 2.20. The summed E-state index contributed by atoms with van der Waals surface area (Å²) in [5.41, 5.74) is 6.85. The number of hydrazone groups is 1. The standard InChI is InChI=1S/C19H20N4O2S/c1-13-5-4-6-16(14(13)2)22-19(26)23-21-12-15-7-8-17(25-10-9-20)18(11-15)24-3/h4-8,11-12H,10H2,1-3H3,(H2,22,23,26)/b21-12+. The zero-order chi connectivity index (χ0) is 18.9. The van der Waals surface area contributed by atoms with Crippen LogP contribution in [0.1, 0.15) is 16.7 Å². The number of aryl methyl sites for hydroxylation is 1. The molecule has 0 unspecified atom stereocenters. The van der Waals surface area contributed by atoms with Crippen molar-refractivity contribution in [1.29, 1.82) is 5.26 Å². The van der Waals surface area contributed by atoms with Crippen LogP contribution in [0.4, 0.5) is 5.69 Å². The summed E-state index contributed by atoms with van der Waals surface area (Å²) in [6.45, 7) is 4.04. The number of anilines is 1. The van der Waals surface area contributed by atoms with E-state index in [0.717, 1.165) is 16.8 Å². The third-order valence-electron chi connectivity index (χ3n) is 3.71. The van der Waals surface area contributed by atoms with Crippen molar-refractivity contribution in [3.05, 3.63) is 53.1 Å². The van der Waals surface area contributed by atoms with Gasteiger partial charge < -0.3 is 14.8 Å². The number of hydrogen-bond acceptors (Lipinski definition) is 5. The summed E-state index contributed by atoms with van der Waals surface area (Å²) < 4.78 is 10.5. The summed E-state index contributed by atoms with van der Waals surface area (Å²) in [5.74, 6) is 1.03. The Balaban J connectivity index is 1.98. The van der Waals surface area contributed by atoms with Gasteiger partial charge in [-0.1, -0.05) is 12.1 Å². The molecule has 6 nitrogen and oxygen atoms in total. The Bertz CT molecular complexity index is 859. The van der Waals surface area contributed by atoms with E-state index in [1.54, 1.807) is 18.3 Å². The summed E-state index contributed by atoms with van der Waals surface area (Å²) in [5, 5.41) is 16.2. The van der Waals surface area contributed by atoms with Crippen LogP contribution in [0.25, 0.3) is 0 Å². The van der Waals surface area contributed by atoms with Crippen LogP contribution in [0.5, 0.6) is 11.5 Å². The van der Waals surface area contributed by atoms with E-state index >= 15 is 0 Å². The van der Waals surface area contributed by atoms with Crippen LogP contribution in [-0.2, 0) is 0 Å². The van der Waals surface area contributed by atoms with Crippen molar-refractivity contribution in [3.63, 3.8) is 0 Å². The Hall–Kier alpha value is -3.11. The predicted octanol–water partition coefficient (Wildman–Crippen LogP) is 3.53. The molecule has 134 valence electrons. The molecule has 0 saturated carbocycles. The number of thiocarbonyl (C=S) groups is 1. The zero-order valence-corrected chi connectivity index (χ0v) is 15.7. The quantitative estimate of drug-likeness (QED) is 0.461. The first-order chi connectivity index (χ1) is 12.5.